The van der Waals surface area contributed by atoms with Crippen LogP contribution in [0, 0.1) is 5.41 Å². The smallest absolute Gasteiger partial charge is 0.0392 e. The van der Waals surface area contributed by atoms with Crippen molar-refractivity contribution in [2.75, 3.05) is 11.6 Å². The van der Waals surface area contributed by atoms with Gasteiger partial charge in [0.05, 0.1) is 0 Å². The van der Waals surface area contributed by atoms with Crippen LogP contribution in [-0.2, 0) is 0 Å². The molecular weight excluding hydrogens is 168 g/mol. The van der Waals surface area contributed by atoms with E-state index in [4.69, 9.17) is 11.5 Å². The molecule has 0 aliphatic heterocycles. The Balaban J connectivity index is 3.86. The standard InChI is InChI=1S/C9H22N2S/c1-8(2,6-12-7-10)5-9(3,4)11/h5-7,10-11H2,1-4H3. The van der Waals surface area contributed by atoms with Crippen LogP contribution in [0.1, 0.15) is 34.1 Å². The van der Waals surface area contributed by atoms with Crippen molar-refractivity contribution < 1.29 is 0 Å². The van der Waals surface area contributed by atoms with Gasteiger partial charge in [-0.05, 0) is 31.4 Å². The molecule has 0 saturated heterocycles. The molecule has 0 bridgehead atoms. The quantitative estimate of drug-likeness (QED) is 0.650. The molecule has 0 aliphatic carbocycles. The van der Waals surface area contributed by atoms with Crippen molar-refractivity contribution >= 4 is 11.8 Å². The van der Waals surface area contributed by atoms with Crippen LogP contribution in [0.25, 0.3) is 0 Å². The predicted molar refractivity (Wildman–Crippen MR) is 58.2 cm³/mol. The number of hydrogen-bond acceptors (Lipinski definition) is 3. The van der Waals surface area contributed by atoms with Crippen molar-refractivity contribution in [3.05, 3.63) is 0 Å². The Morgan fingerprint density at radius 3 is 2.00 bits per heavy atom. The van der Waals surface area contributed by atoms with Gasteiger partial charge in [0.25, 0.3) is 0 Å². The number of nitrogens with two attached hydrogens (primary N) is 2. The van der Waals surface area contributed by atoms with Crippen molar-refractivity contribution in [2.45, 2.75) is 39.7 Å². The minimum Gasteiger partial charge on any atom is -0.326 e. The fourth-order valence-corrected chi connectivity index (χ4v) is 2.39. The molecule has 0 heterocycles. The molecule has 0 rings (SSSR count). The molecule has 0 atom stereocenters. The van der Waals surface area contributed by atoms with Crippen molar-refractivity contribution in [1.82, 2.24) is 0 Å². The maximum atomic E-state index is 5.95. The molecule has 2 nitrogen and oxygen atoms in total. The third kappa shape index (κ3) is 6.95. The summed E-state index contributed by atoms with van der Waals surface area (Å²) in [5, 5.41) is 0. The third-order valence-electron chi connectivity index (χ3n) is 1.54. The molecule has 0 spiro atoms. The Hall–Kier alpha value is 0.270. The molecule has 0 radical (unpaired) electrons. The Morgan fingerprint density at radius 1 is 1.17 bits per heavy atom. The number of thioether (sulfide) groups is 1. The normalized spacial score (nSPS) is 13.5. The van der Waals surface area contributed by atoms with Gasteiger partial charge in [0.1, 0.15) is 0 Å². The van der Waals surface area contributed by atoms with E-state index in [1.165, 1.54) is 0 Å². The predicted octanol–water partition coefficient (Wildman–Crippen LogP) is 1.79. The van der Waals surface area contributed by atoms with Gasteiger partial charge in [-0.1, -0.05) is 13.8 Å². The maximum Gasteiger partial charge on any atom is 0.0392 e. The molecule has 0 amide bonds. The summed E-state index contributed by atoms with van der Waals surface area (Å²) in [6, 6.07) is 0. The molecule has 0 fully saturated rings. The highest BCUT2D eigenvalue weighted by Gasteiger charge is 2.25. The van der Waals surface area contributed by atoms with E-state index in [9.17, 15) is 0 Å². The average Bonchev–Trinajstić information content (AvgIpc) is 1.78. The largest absolute Gasteiger partial charge is 0.326 e. The van der Waals surface area contributed by atoms with Crippen LogP contribution in [0.2, 0.25) is 0 Å². The summed E-state index contributed by atoms with van der Waals surface area (Å²) in [4.78, 5) is 0. The Morgan fingerprint density at radius 2 is 1.67 bits per heavy atom. The zero-order valence-corrected chi connectivity index (χ0v) is 9.50. The highest BCUT2D eigenvalue weighted by molar-refractivity contribution is 7.99. The first-order valence-electron chi connectivity index (χ1n) is 4.33. The minimum absolute atomic E-state index is 0.0708. The molecule has 0 aromatic carbocycles. The first-order valence-corrected chi connectivity index (χ1v) is 5.49. The number of rotatable bonds is 5. The van der Waals surface area contributed by atoms with Crippen LogP contribution in [0.4, 0.5) is 0 Å². The highest BCUT2D eigenvalue weighted by atomic mass is 32.2. The second-order valence-electron chi connectivity index (χ2n) is 4.84. The van der Waals surface area contributed by atoms with E-state index in [1.54, 1.807) is 11.8 Å². The lowest BCUT2D eigenvalue weighted by Gasteiger charge is -2.31. The third-order valence-corrected chi connectivity index (χ3v) is 2.77. The van der Waals surface area contributed by atoms with Crippen molar-refractivity contribution in [3.63, 3.8) is 0 Å². The van der Waals surface area contributed by atoms with E-state index in [1.807, 2.05) is 0 Å². The van der Waals surface area contributed by atoms with Crippen molar-refractivity contribution in [2.24, 2.45) is 16.9 Å². The molecule has 3 heteroatoms. The van der Waals surface area contributed by atoms with Gasteiger partial charge in [-0.15, -0.1) is 11.8 Å². The molecule has 0 aromatic heterocycles. The van der Waals surface area contributed by atoms with Gasteiger partial charge in [0, 0.05) is 11.4 Å². The SMILES string of the molecule is CC(C)(N)CC(C)(C)CSCN. The summed E-state index contributed by atoms with van der Waals surface area (Å²) >= 11 is 1.78. The molecule has 0 aliphatic rings. The van der Waals surface area contributed by atoms with Crippen molar-refractivity contribution in [3.8, 4) is 0 Å². The Labute approximate surface area is 80.5 Å². The first-order chi connectivity index (χ1) is 5.27. The lowest BCUT2D eigenvalue weighted by Crippen LogP contribution is -2.38. The van der Waals surface area contributed by atoms with E-state index in [-0.39, 0.29) is 5.54 Å². The summed E-state index contributed by atoms with van der Waals surface area (Å²) in [5.41, 5.74) is 11.6. The Bertz CT molecular complexity index is 127. The summed E-state index contributed by atoms with van der Waals surface area (Å²) in [6.07, 6.45) is 1.03. The van der Waals surface area contributed by atoms with Gasteiger partial charge in [0.15, 0.2) is 0 Å². The highest BCUT2D eigenvalue weighted by Crippen LogP contribution is 2.29. The first kappa shape index (κ1) is 12.3. The fraction of sp³-hybridized carbons (Fsp3) is 1.00. The fourth-order valence-electron chi connectivity index (χ4n) is 1.62. The van der Waals surface area contributed by atoms with E-state index < -0.39 is 0 Å². The topological polar surface area (TPSA) is 52.0 Å². The number of hydrogen-bond donors (Lipinski definition) is 2. The maximum absolute atomic E-state index is 5.95. The minimum atomic E-state index is -0.0708. The van der Waals surface area contributed by atoms with E-state index in [2.05, 4.69) is 27.7 Å². The second kappa shape index (κ2) is 4.49. The summed E-state index contributed by atoms with van der Waals surface area (Å²) in [5.74, 6) is 1.79. The summed E-state index contributed by atoms with van der Waals surface area (Å²) in [7, 11) is 0. The van der Waals surface area contributed by atoms with Gasteiger partial charge in [-0.25, -0.2) is 0 Å². The molecule has 0 saturated carbocycles. The van der Waals surface area contributed by atoms with Crippen LogP contribution in [0.5, 0.6) is 0 Å². The van der Waals surface area contributed by atoms with Crippen LogP contribution in [-0.4, -0.2) is 17.2 Å². The van der Waals surface area contributed by atoms with Crippen LogP contribution in [0.3, 0.4) is 0 Å². The van der Waals surface area contributed by atoms with E-state index in [0.717, 1.165) is 12.2 Å². The molecule has 74 valence electrons. The van der Waals surface area contributed by atoms with Gasteiger partial charge < -0.3 is 11.5 Å². The average molecular weight is 190 g/mol. The van der Waals surface area contributed by atoms with Gasteiger partial charge in [-0.2, -0.15) is 0 Å². The lowest BCUT2D eigenvalue weighted by atomic mass is 9.82. The molecule has 4 N–H and O–H groups in total. The molecule has 0 aromatic rings. The molecule has 12 heavy (non-hydrogen) atoms. The monoisotopic (exact) mass is 190 g/mol. The molecule has 0 unspecified atom stereocenters. The summed E-state index contributed by atoms with van der Waals surface area (Å²) < 4.78 is 0. The van der Waals surface area contributed by atoms with Crippen molar-refractivity contribution in [1.29, 1.82) is 0 Å². The van der Waals surface area contributed by atoms with Crippen LogP contribution >= 0.6 is 11.8 Å². The molecular formula is C9H22N2S. The second-order valence-corrected chi connectivity index (χ2v) is 5.87. The van der Waals surface area contributed by atoms with E-state index in [0.29, 0.717) is 11.3 Å². The van der Waals surface area contributed by atoms with Gasteiger partial charge >= 0.3 is 0 Å². The van der Waals surface area contributed by atoms with Gasteiger partial charge in [-0.3, -0.25) is 0 Å². The zero-order chi connectivity index (χ0) is 9.83. The zero-order valence-electron chi connectivity index (χ0n) is 8.68. The van der Waals surface area contributed by atoms with Crippen LogP contribution in [0.15, 0.2) is 0 Å². The lowest BCUT2D eigenvalue weighted by molar-refractivity contribution is 0.293. The summed E-state index contributed by atoms with van der Waals surface area (Å²) in [6.45, 7) is 8.62. The van der Waals surface area contributed by atoms with E-state index >= 15 is 0 Å². The van der Waals surface area contributed by atoms with Crippen LogP contribution < -0.4 is 11.5 Å². The van der Waals surface area contributed by atoms with Gasteiger partial charge in [0.2, 0.25) is 0 Å². The Kier molecular flexibility index (Phi) is 4.59.